The lowest BCUT2D eigenvalue weighted by molar-refractivity contribution is -0.141. The molecule has 0 spiro atoms. The van der Waals surface area contributed by atoms with Crippen molar-refractivity contribution in [1.29, 1.82) is 0 Å². The molecule has 3 aromatic rings. The Labute approximate surface area is 243 Å². The van der Waals surface area contributed by atoms with E-state index in [1.807, 2.05) is 65.8 Å². The molecule has 3 rings (SSSR count). The van der Waals surface area contributed by atoms with Crippen molar-refractivity contribution >= 4 is 39.1 Å². The van der Waals surface area contributed by atoms with E-state index in [0.29, 0.717) is 17.1 Å². The molecule has 1 N–H and O–H groups in total. The van der Waals surface area contributed by atoms with Gasteiger partial charge in [0.15, 0.2) is 0 Å². The van der Waals surface area contributed by atoms with Crippen LogP contribution in [0.4, 0.5) is 5.69 Å². The zero-order valence-corrected chi connectivity index (χ0v) is 25.5. The van der Waals surface area contributed by atoms with Gasteiger partial charge in [-0.3, -0.25) is 13.9 Å². The van der Waals surface area contributed by atoms with Crippen LogP contribution < -0.4 is 9.62 Å². The number of nitrogens with zero attached hydrogens (tertiary/aromatic N) is 2. The molecule has 0 aliphatic heterocycles. The Kier molecular flexibility index (Phi) is 10.0. The van der Waals surface area contributed by atoms with Crippen LogP contribution in [0.15, 0.2) is 77.7 Å². The van der Waals surface area contributed by atoms with E-state index in [1.165, 1.54) is 29.2 Å². The smallest absolute Gasteiger partial charge is 0.264 e. The van der Waals surface area contributed by atoms with E-state index in [-0.39, 0.29) is 17.3 Å². The van der Waals surface area contributed by atoms with E-state index in [9.17, 15) is 18.0 Å². The summed E-state index contributed by atoms with van der Waals surface area (Å²) in [6.45, 7) is 11.0. The standard InChI is InChI=1S/C31H38ClN3O4S/c1-7-28(30(37)33-31(4,5)6)34(20-24-12-8-22(2)9-13-24)29(36)21-35(26-16-10-23(3)11-17-26)40(38,39)27-18-14-25(32)15-19-27/h8-19,28H,7,20-21H2,1-6H3,(H,33,37). The average Bonchev–Trinajstić information content (AvgIpc) is 2.88. The minimum atomic E-state index is -4.15. The first-order valence-electron chi connectivity index (χ1n) is 13.2. The molecule has 2 amide bonds. The van der Waals surface area contributed by atoms with E-state index in [2.05, 4.69) is 5.32 Å². The van der Waals surface area contributed by atoms with E-state index in [0.717, 1.165) is 21.0 Å². The lowest BCUT2D eigenvalue weighted by Crippen LogP contribution is -2.55. The second-order valence-electron chi connectivity index (χ2n) is 11.0. The first-order chi connectivity index (χ1) is 18.7. The van der Waals surface area contributed by atoms with Crippen molar-refractivity contribution in [2.24, 2.45) is 0 Å². The molecule has 0 saturated carbocycles. The largest absolute Gasteiger partial charge is 0.350 e. The fourth-order valence-electron chi connectivity index (χ4n) is 4.24. The van der Waals surface area contributed by atoms with Gasteiger partial charge in [0.05, 0.1) is 10.6 Å². The van der Waals surface area contributed by atoms with E-state index in [4.69, 9.17) is 11.6 Å². The van der Waals surface area contributed by atoms with Gasteiger partial charge in [0.2, 0.25) is 11.8 Å². The van der Waals surface area contributed by atoms with Gasteiger partial charge in [0.25, 0.3) is 10.0 Å². The van der Waals surface area contributed by atoms with Crippen LogP contribution in [0.2, 0.25) is 5.02 Å². The van der Waals surface area contributed by atoms with Gasteiger partial charge in [-0.2, -0.15) is 0 Å². The SMILES string of the molecule is CCC(C(=O)NC(C)(C)C)N(Cc1ccc(C)cc1)C(=O)CN(c1ccc(C)cc1)S(=O)(=O)c1ccc(Cl)cc1. The summed E-state index contributed by atoms with van der Waals surface area (Å²) in [7, 11) is -4.15. The molecule has 40 heavy (non-hydrogen) atoms. The lowest BCUT2D eigenvalue weighted by Gasteiger charge is -2.34. The number of amides is 2. The summed E-state index contributed by atoms with van der Waals surface area (Å²) < 4.78 is 28.8. The first kappa shape index (κ1) is 31.2. The molecule has 3 aromatic carbocycles. The Morgan fingerprint density at radius 2 is 1.40 bits per heavy atom. The van der Waals surface area contributed by atoms with Gasteiger partial charge in [-0.25, -0.2) is 8.42 Å². The van der Waals surface area contributed by atoms with Crippen molar-refractivity contribution < 1.29 is 18.0 Å². The van der Waals surface area contributed by atoms with Crippen LogP contribution >= 0.6 is 11.6 Å². The Morgan fingerprint density at radius 3 is 1.90 bits per heavy atom. The molecule has 0 aliphatic carbocycles. The molecule has 1 unspecified atom stereocenters. The number of anilines is 1. The number of halogens is 1. The van der Waals surface area contributed by atoms with Crippen LogP contribution in [0.25, 0.3) is 0 Å². The van der Waals surface area contributed by atoms with Gasteiger partial charge in [0, 0.05) is 17.1 Å². The van der Waals surface area contributed by atoms with Gasteiger partial charge in [-0.15, -0.1) is 0 Å². The van der Waals surface area contributed by atoms with Gasteiger partial charge >= 0.3 is 0 Å². The Balaban J connectivity index is 2.06. The van der Waals surface area contributed by atoms with Crippen molar-refractivity contribution in [3.8, 4) is 0 Å². The van der Waals surface area contributed by atoms with Crippen molar-refractivity contribution in [1.82, 2.24) is 10.2 Å². The summed E-state index contributed by atoms with van der Waals surface area (Å²) in [6.07, 6.45) is 0.355. The minimum Gasteiger partial charge on any atom is -0.350 e. The highest BCUT2D eigenvalue weighted by Gasteiger charge is 2.34. The molecule has 7 nitrogen and oxygen atoms in total. The second-order valence-corrected chi connectivity index (χ2v) is 13.3. The van der Waals surface area contributed by atoms with Gasteiger partial charge in [0.1, 0.15) is 12.6 Å². The highest BCUT2D eigenvalue weighted by atomic mass is 35.5. The third-order valence-corrected chi connectivity index (χ3v) is 8.40. The Bertz CT molecular complexity index is 1420. The number of carbonyl (C=O) groups excluding carboxylic acids is 2. The summed E-state index contributed by atoms with van der Waals surface area (Å²) in [5, 5.41) is 3.38. The fraction of sp³-hybridized carbons (Fsp3) is 0.355. The molecule has 0 fully saturated rings. The third-order valence-electron chi connectivity index (χ3n) is 6.36. The number of nitrogens with one attached hydrogen (secondary N) is 1. The number of hydrogen-bond acceptors (Lipinski definition) is 4. The maximum atomic E-state index is 14.1. The molecule has 0 radical (unpaired) electrons. The predicted octanol–water partition coefficient (Wildman–Crippen LogP) is 5.87. The first-order valence-corrected chi connectivity index (χ1v) is 15.0. The molecular formula is C31H38ClN3O4S. The zero-order valence-electron chi connectivity index (χ0n) is 23.9. The van der Waals surface area contributed by atoms with Gasteiger partial charge in [-0.05, 0) is 83.0 Å². The predicted molar refractivity (Wildman–Crippen MR) is 161 cm³/mol. The van der Waals surface area contributed by atoms with Crippen LogP contribution in [0.1, 0.15) is 50.8 Å². The maximum absolute atomic E-state index is 14.1. The van der Waals surface area contributed by atoms with E-state index >= 15 is 0 Å². The van der Waals surface area contributed by atoms with Crippen molar-refractivity contribution in [2.45, 2.75) is 71.0 Å². The highest BCUT2D eigenvalue weighted by Crippen LogP contribution is 2.26. The van der Waals surface area contributed by atoms with E-state index in [1.54, 1.807) is 24.3 Å². The Morgan fingerprint density at radius 1 is 0.875 bits per heavy atom. The molecular weight excluding hydrogens is 546 g/mol. The van der Waals surface area contributed by atoms with Crippen LogP contribution in [-0.2, 0) is 26.2 Å². The monoisotopic (exact) mass is 583 g/mol. The number of sulfonamides is 1. The van der Waals surface area contributed by atoms with Crippen molar-refractivity contribution in [2.75, 3.05) is 10.8 Å². The van der Waals surface area contributed by atoms with Crippen molar-refractivity contribution in [3.63, 3.8) is 0 Å². The molecule has 214 valence electrons. The molecule has 0 bridgehead atoms. The van der Waals surface area contributed by atoms with Crippen LogP contribution in [-0.4, -0.2) is 43.3 Å². The van der Waals surface area contributed by atoms with Crippen LogP contribution in [0.3, 0.4) is 0 Å². The molecule has 1 atom stereocenters. The summed E-state index contributed by atoms with van der Waals surface area (Å²) in [5.41, 5.74) is 2.69. The number of rotatable bonds is 10. The fourth-order valence-corrected chi connectivity index (χ4v) is 5.78. The molecule has 0 heterocycles. The Hall–Kier alpha value is -3.36. The molecule has 0 aliphatic rings. The number of carbonyl (C=O) groups is 2. The normalized spacial score (nSPS) is 12.5. The minimum absolute atomic E-state index is 0.00729. The molecule has 0 saturated heterocycles. The lowest BCUT2D eigenvalue weighted by atomic mass is 10.1. The topological polar surface area (TPSA) is 86.8 Å². The van der Waals surface area contributed by atoms with Crippen molar-refractivity contribution in [3.05, 3.63) is 94.5 Å². The third kappa shape index (κ3) is 8.08. The quantitative estimate of drug-likeness (QED) is 0.323. The van der Waals surface area contributed by atoms with Crippen LogP contribution in [0.5, 0.6) is 0 Å². The summed E-state index contributed by atoms with van der Waals surface area (Å²) in [5.74, 6) is -0.785. The summed E-state index contributed by atoms with van der Waals surface area (Å²) >= 11 is 6.01. The van der Waals surface area contributed by atoms with Gasteiger partial charge < -0.3 is 10.2 Å². The summed E-state index contributed by atoms with van der Waals surface area (Å²) in [6, 6.07) is 19.7. The average molecular weight is 584 g/mol. The van der Waals surface area contributed by atoms with E-state index < -0.39 is 34.1 Å². The van der Waals surface area contributed by atoms with Crippen LogP contribution in [0, 0.1) is 13.8 Å². The van der Waals surface area contributed by atoms with Gasteiger partial charge in [-0.1, -0.05) is 66.0 Å². The number of benzene rings is 3. The number of aryl methyl sites for hydroxylation is 2. The molecule has 9 heteroatoms. The maximum Gasteiger partial charge on any atom is 0.264 e. The summed E-state index contributed by atoms with van der Waals surface area (Å²) in [4.78, 5) is 28.9. The molecule has 0 aromatic heterocycles. The highest BCUT2D eigenvalue weighted by molar-refractivity contribution is 7.92. The number of hydrogen-bond donors (Lipinski definition) is 1. The zero-order chi connectivity index (χ0) is 29.7. The second kappa shape index (κ2) is 12.9.